The Hall–Kier alpha value is -1.90. The van der Waals surface area contributed by atoms with Crippen molar-refractivity contribution in [1.82, 2.24) is 9.55 Å². The van der Waals surface area contributed by atoms with E-state index in [1.54, 1.807) is 17.0 Å². The highest BCUT2D eigenvalue weighted by molar-refractivity contribution is 5.96. The molecule has 82 valence electrons. The van der Waals surface area contributed by atoms with Crippen LogP contribution in [-0.4, -0.2) is 15.5 Å². The number of benzene rings is 1. The molecule has 0 N–H and O–H groups in total. The van der Waals surface area contributed by atoms with E-state index in [4.69, 9.17) is 0 Å². The van der Waals surface area contributed by atoms with Crippen LogP contribution in [0.15, 0.2) is 42.7 Å². The van der Waals surface area contributed by atoms with Crippen LogP contribution in [0.25, 0.3) is 0 Å². The molecule has 0 saturated carbocycles. The number of carbonyl (C=O) groups is 1. The first-order chi connectivity index (χ1) is 7.70. The summed E-state index contributed by atoms with van der Waals surface area (Å²) in [7, 11) is 0. The first-order valence-corrected chi connectivity index (χ1v) is 5.33. The monoisotopic (exact) mass is 214 g/mol. The number of hydrogen-bond donors (Lipinski definition) is 0. The maximum Gasteiger partial charge on any atom is 0.263 e. The zero-order chi connectivity index (χ0) is 11.5. The predicted octanol–water partition coefficient (Wildman–Crippen LogP) is 2.70. The van der Waals surface area contributed by atoms with Crippen LogP contribution in [0.3, 0.4) is 0 Å². The molecule has 0 saturated heterocycles. The highest BCUT2D eigenvalue weighted by Crippen LogP contribution is 2.13. The van der Waals surface area contributed by atoms with Gasteiger partial charge in [-0.15, -0.1) is 0 Å². The summed E-state index contributed by atoms with van der Waals surface area (Å²) in [6.45, 7) is 4.05. The molecule has 3 heteroatoms. The van der Waals surface area contributed by atoms with Crippen LogP contribution in [0.4, 0.5) is 0 Å². The predicted molar refractivity (Wildman–Crippen MR) is 62.5 cm³/mol. The largest absolute Gasteiger partial charge is 0.269 e. The minimum absolute atomic E-state index is 0.0261. The number of rotatable bonds is 2. The molecule has 0 aliphatic carbocycles. The maximum atomic E-state index is 12.2. The van der Waals surface area contributed by atoms with E-state index < -0.39 is 0 Å². The third-order valence-electron chi connectivity index (χ3n) is 2.43. The van der Waals surface area contributed by atoms with Gasteiger partial charge in [-0.2, -0.15) is 0 Å². The Kier molecular flexibility index (Phi) is 2.86. The number of imidazole rings is 1. The van der Waals surface area contributed by atoms with Crippen LogP contribution in [0, 0.1) is 0 Å². The molecule has 1 aromatic carbocycles. The topological polar surface area (TPSA) is 34.9 Å². The first-order valence-electron chi connectivity index (χ1n) is 5.33. The van der Waals surface area contributed by atoms with E-state index in [0.717, 1.165) is 5.82 Å². The van der Waals surface area contributed by atoms with E-state index in [-0.39, 0.29) is 11.8 Å². The Balaban J connectivity index is 2.39. The van der Waals surface area contributed by atoms with E-state index in [9.17, 15) is 4.79 Å². The Morgan fingerprint density at radius 3 is 2.56 bits per heavy atom. The summed E-state index contributed by atoms with van der Waals surface area (Å²) in [5, 5.41) is 0. The van der Waals surface area contributed by atoms with Gasteiger partial charge >= 0.3 is 0 Å². The maximum absolute atomic E-state index is 12.2. The van der Waals surface area contributed by atoms with Gasteiger partial charge in [-0.3, -0.25) is 9.36 Å². The Morgan fingerprint density at radius 1 is 1.25 bits per heavy atom. The SMILES string of the molecule is CC(C)c1nccn1C(=O)c1ccccc1. The van der Waals surface area contributed by atoms with Crippen molar-refractivity contribution >= 4 is 5.91 Å². The van der Waals surface area contributed by atoms with Gasteiger partial charge in [0.1, 0.15) is 5.82 Å². The van der Waals surface area contributed by atoms with Crippen molar-refractivity contribution in [2.45, 2.75) is 19.8 Å². The van der Waals surface area contributed by atoms with E-state index in [2.05, 4.69) is 4.98 Å². The molecule has 0 fully saturated rings. The van der Waals surface area contributed by atoms with Crippen molar-refractivity contribution in [3.05, 3.63) is 54.1 Å². The molecular formula is C13H14N2O. The summed E-state index contributed by atoms with van der Waals surface area (Å²) < 4.78 is 1.61. The van der Waals surface area contributed by atoms with Crippen LogP contribution >= 0.6 is 0 Å². The first kappa shape index (κ1) is 10.6. The fraction of sp³-hybridized carbons (Fsp3) is 0.231. The van der Waals surface area contributed by atoms with E-state index in [1.807, 2.05) is 44.2 Å². The molecule has 2 aromatic rings. The molecule has 16 heavy (non-hydrogen) atoms. The van der Waals surface area contributed by atoms with Crippen molar-refractivity contribution in [3.8, 4) is 0 Å². The zero-order valence-corrected chi connectivity index (χ0v) is 9.42. The second-order valence-electron chi connectivity index (χ2n) is 3.98. The quantitative estimate of drug-likeness (QED) is 0.770. The summed E-state index contributed by atoms with van der Waals surface area (Å²) in [5.41, 5.74) is 0.683. The number of nitrogens with zero attached hydrogens (tertiary/aromatic N) is 2. The molecule has 0 aliphatic heterocycles. The highest BCUT2D eigenvalue weighted by atomic mass is 16.2. The van der Waals surface area contributed by atoms with E-state index in [0.29, 0.717) is 5.56 Å². The molecule has 3 nitrogen and oxygen atoms in total. The highest BCUT2D eigenvalue weighted by Gasteiger charge is 2.14. The van der Waals surface area contributed by atoms with Crippen molar-refractivity contribution < 1.29 is 4.79 Å². The minimum atomic E-state index is -0.0261. The Morgan fingerprint density at radius 2 is 1.94 bits per heavy atom. The lowest BCUT2D eigenvalue weighted by molar-refractivity contribution is 0.0955. The van der Waals surface area contributed by atoms with Crippen LogP contribution < -0.4 is 0 Å². The Bertz CT molecular complexity index is 486. The average Bonchev–Trinajstić information content (AvgIpc) is 2.78. The number of carbonyl (C=O) groups excluding carboxylic acids is 1. The summed E-state index contributed by atoms with van der Waals surface area (Å²) in [6, 6.07) is 9.24. The fourth-order valence-corrected chi connectivity index (χ4v) is 1.63. The minimum Gasteiger partial charge on any atom is -0.269 e. The van der Waals surface area contributed by atoms with Gasteiger partial charge in [-0.05, 0) is 12.1 Å². The third-order valence-corrected chi connectivity index (χ3v) is 2.43. The second kappa shape index (κ2) is 4.31. The molecule has 1 heterocycles. The molecular weight excluding hydrogens is 200 g/mol. The third kappa shape index (κ3) is 1.89. The molecule has 0 aliphatic rings. The van der Waals surface area contributed by atoms with Gasteiger partial charge in [0.15, 0.2) is 0 Å². The van der Waals surface area contributed by atoms with Crippen molar-refractivity contribution in [3.63, 3.8) is 0 Å². The smallest absolute Gasteiger partial charge is 0.263 e. The van der Waals surface area contributed by atoms with Gasteiger partial charge in [0.2, 0.25) is 0 Å². The average molecular weight is 214 g/mol. The normalized spacial score (nSPS) is 10.7. The van der Waals surface area contributed by atoms with Gasteiger partial charge in [-0.25, -0.2) is 4.98 Å². The standard InChI is InChI=1S/C13H14N2O/c1-10(2)12-14-8-9-15(12)13(16)11-6-4-3-5-7-11/h3-10H,1-2H3. The molecule has 0 amide bonds. The van der Waals surface area contributed by atoms with Crippen molar-refractivity contribution in [2.24, 2.45) is 0 Å². The molecule has 2 rings (SSSR count). The van der Waals surface area contributed by atoms with Crippen molar-refractivity contribution in [2.75, 3.05) is 0 Å². The van der Waals surface area contributed by atoms with Gasteiger partial charge in [0.05, 0.1) is 0 Å². The zero-order valence-electron chi connectivity index (χ0n) is 9.42. The lowest BCUT2D eigenvalue weighted by Crippen LogP contribution is -2.15. The van der Waals surface area contributed by atoms with Crippen LogP contribution in [0.2, 0.25) is 0 Å². The Labute approximate surface area is 94.7 Å². The van der Waals surface area contributed by atoms with Gasteiger partial charge in [-0.1, -0.05) is 32.0 Å². The summed E-state index contributed by atoms with van der Waals surface area (Å²) in [5.74, 6) is 1.01. The van der Waals surface area contributed by atoms with E-state index >= 15 is 0 Å². The molecule has 0 spiro atoms. The number of aromatic nitrogens is 2. The molecule has 1 aromatic heterocycles. The van der Waals surface area contributed by atoms with Gasteiger partial charge in [0.25, 0.3) is 5.91 Å². The second-order valence-corrected chi connectivity index (χ2v) is 3.98. The van der Waals surface area contributed by atoms with Crippen molar-refractivity contribution in [1.29, 1.82) is 0 Å². The number of hydrogen-bond acceptors (Lipinski definition) is 2. The summed E-state index contributed by atoms with van der Waals surface area (Å²) >= 11 is 0. The molecule has 0 radical (unpaired) electrons. The molecule has 0 bridgehead atoms. The lowest BCUT2D eigenvalue weighted by Gasteiger charge is -2.08. The van der Waals surface area contributed by atoms with Crippen LogP contribution in [0.5, 0.6) is 0 Å². The lowest BCUT2D eigenvalue weighted by atomic mass is 10.2. The molecule has 0 unspecified atom stereocenters. The summed E-state index contributed by atoms with van der Waals surface area (Å²) in [4.78, 5) is 16.4. The van der Waals surface area contributed by atoms with E-state index in [1.165, 1.54) is 0 Å². The fourth-order valence-electron chi connectivity index (χ4n) is 1.63. The van der Waals surface area contributed by atoms with Crippen LogP contribution in [-0.2, 0) is 0 Å². The van der Waals surface area contributed by atoms with Gasteiger partial charge in [0, 0.05) is 23.9 Å². The van der Waals surface area contributed by atoms with Gasteiger partial charge < -0.3 is 0 Å². The van der Waals surface area contributed by atoms with Crippen LogP contribution in [0.1, 0.15) is 35.9 Å². The summed E-state index contributed by atoms with van der Waals surface area (Å²) in [6.07, 6.45) is 3.38. The molecule has 0 atom stereocenters.